The predicted octanol–water partition coefficient (Wildman–Crippen LogP) is 3.53. The van der Waals surface area contributed by atoms with Gasteiger partial charge in [0.05, 0.1) is 5.69 Å². The lowest BCUT2D eigenvalue weighted by atomic mass is 9.98. The van der Waals surface area contributed by atoms with Gasteiger partial charge in [0.1, 0.15) is 0 Å². The summed E-state index contributed by atoms with van der Waals surface area (Å²) in [5, 5.41) is 2.02. The Balaban J connectivity index is 2.11. The van der Waals surface area contributed by atoms with Gasteiger partial charge in [-0.25, -0.2) is 0 Å². The fraction of sp³-hybridized carbons (Fsp3) is 0.467. The van der Waals surface area contributed by atoms with Gasteiger partial charge >= 0.3 is 0 Å². The first-order chi connectivity index (χ1) is 8.61. The third-order valence-electron chi connectivity index (χ3n) is 3.56. The average Bonchev–Trinajstić information content (AvgIpc) is 2.88. The number of benzene rings is 1. The largest absolute Gasteiger partial charge is 0.306 e. The van der Waals surface area contributed by atoms with Crippen LogP contribution < -0.4 is 16.0 Å². The van der Waals surface area contributed by atoms with Crippen LogP contribution in [0.25, 0.3) is 0 Å². The van der Waals surface area contributed by atoms with Crippen LogP contribution in [0.1, 0.15) is 45.6 Å². The number of nitrogens with zero attached hydrogens (tertiary/aromatic N) is 1. The summed E-state index contributed by atoms with van der Waals surface area (Å²) >= 11 is 0. The van der Waals surface area contributed by atoms with Crippen LogP contribution in [-0.4, -0.2) is 0 Å². The summed E-state index contributed by atoms with van der Waals surface area (Å²) in [5.41, 5.74) is 10.1. The molecule has 2 N–H and O–H groups in total. The molecule has 0 amide bonds. The normalized spacial score (nSPS) is 16.7. The van der Waals surface area contributed by atoms with E-state index in [0.717, 1.165) is 5.69 Å². The van der Waals surface area contributed by atoms with E-state index in [1.165, 1.54) is 17.7 Å². The Labute approximate surface area is 110 Å². The molecule has 0 saturated heterocycles. The number of nitrogens with one attached hydrogen (secondary N) is 2. The summed E-state index contributed by atoms with van der Waals surface area (Å²) in [6.07, 6.45) is 3.29. The number of anilines is 1. The van der Waals surface area contributed by atoms with Gasteiger partial charge in [0.15, 0.2) is 0 Å². The van der Waals surface area contributed by atoms with Crippen LogP contribution in [0.2, 0.25) is 0 Å². The minimum absolute atomic E-state index is 0.502. The molecule has 98 valence electrons. The van der Waals surface area contributed by atoms with Crippen molar-refractivity contribution in [1.29, 1.82) is 0 Å². The molecule has 3 heteroatoms. The summed E-state index contributed by atoms with van der Waals surface area (Å²) in [7, 11) is 0. The van der Waals surface area contributed by atoms with Crippen LogP contribution in [0.3, 0.4) is 0 Å². The van der Waals surface area contributed by atoms with Gasteiger partial charge in [0, 0.05) is 11.9 Å². The van der Waals surface area contributed by atoms with E-state index in [4.69, 9.17) is 0 Å². The zero-order chi connectivity index (χ0) is 13.1. The highest BCUT2D eigenvalue weighted by Crippen LogP contribution is 2.23. The minimum atomic E-state index is 0.502. The van der Waals surface area contributed by atoms with Gasteiger partial charge < -0.3 is 5.43 Å². The Morgan fingerprint density at radius 1 is 1.11 bits per heavy atom. The zero-order valence-electron chi connectivity index (χ0n) is 11.7. The monoisotopic (exact) mass is 245 g/mol. The van der Waals surface area contributed by atoms with E-state index < -0.39 is 0 Å². The van der Waals surface area contributed by atoms with Crippen LogP contribution in [0.15, 0.2) is 36.2 Å². The number of hydrazine groups is 2. The quantitative estimate of drug-likeness (QED) is 0.849. The van der Waals surface area contributed by atoms with Crippen molar-refractivity contribution < 1.29 is 0 Å². The maximum absolute atomic E-state index is 3.19. The lowest BCUT2D eigenvalue weighted by molar-refractivity contribution is 0.600. The lowest BCUT2D eigenvalue weighted by Crippen LogP contribution is -2.36. The van der Waals surface area contributed by atoms with E-state index in [1.54, 1.807) is 0 Å². The molecule has 2 rings (SSSR count). The smallest absolute Gasteiger partial charge is 0.0589 e. The van der Waals surface area contributed by atoms with E-state index in [0.29, 0.717) is 11.8 Å². The second-order valence-corrected chi connectivity index (χ2v) is 5.25. The summed E-state index contributed by atoms with van der Waals surface area (Å²) in [6.45, 7) is 8.84. The van der Waals surface area contributed by atoms with Crippen molar-refractivity contribution in [1.82, 2.24) is 11.0 Å². The number of allylic oxidation sites excluding steroid dienone is 1. The molecule has 0 bridgehead atoms. The molecule has 0 spiro atoms. The van der Waals surface area contributed by atoms with Crippen LogP contribution >= 0.6 is 0 Å². The second kappa shape index (κ2) is 5.44. The molecule has 1 atom stereocenters. The van der Waals surface area contributed by atoms with Gasteiger partial charge in [0.2, 0.25) is 0 Å². The van der Waals surface area contributed by atoms with E-state index in [1.807, 2.05) is 5.01 Å². The Bertz CT molecular complexity index is 420. The molecule has 18 heavy (non-hydrogen) atoms. The first-order valence-electron chi connectivity index (χ1n) is 6.74. The van der Waals surface area contributed by atoms with Gasteiger partial charge in [-0.3, -0.25) is 5.01 Å². The fourth-order valence-electron chi connectivity index (χ4n) is 1.96. The summed E-state index contributed by atoms with van der Waals surface area (Å²) < 4.78 is 0. The molecule has 1 unspecified atom stereocenters. The van der Waals surface area contributed by atoms with Crippen LogP contribution in [0, 0.1) is 5.92 Å². The topological polar surface area (TPSA) is 27.3 Å². The van der Waals surface area contributed by atoms with Gasteiger partial charge in [-0.15, -0.1) is 5.53 Å². The Morgan fingerprint density at radius 2 is 1.78 bits per heavy atom. The van der Waals surface area contributed by atoms with Crippen molar-refractivity contribution in [3.8, 4) is 0 Å². The highest BCUT2D eigenvalue weighted by Gasteiger charge is 2.15. The minimum Gasteiger partial charge on any atom is -0.306 e. The van der Waals surface area contributed by atoms with E-state index in [9.17, 15) is 0 Å². The Morgan fingerprint density at radius 3 is 2.28 bits per heavy atom. The molecule has 1 aromatic rings. The number of hydrogen-bond donors (Lipinski definition) is 2. The molecule has 0 aliphatic carbocycles. The van der Waals surface area contributed by atoms with Gasteiger partial charge in [-0.1, -0.05) is 39.8 Å². The SMILES string of the molecule is CCC(C)c1ccc(N2C=C(C(C)C)NN2)cc1. The molecule has 1 aromatic carbocycles. The van der Waals surface area contributed by atoms with Gasteiger partial charge in [0.25, 0.3) is 0 Å². The molecule has 1 aliphatic rings. The Kier molecular flexibility index (Phi) is 3.92. The zero-order valence-corrected chi connectivity index (χ0v) is 11.7. The van der Waals surface area contributed by atoms with Crippen LogP contribution in [0.5, 0.6) is 0 Å². The van der Waals surface area contributed by atoms with Crippen molar-refractivity contribution in [2.75, 3.05) is 5.01 Å². The highest BCUT2D eigenvalue weighted by atomic mass is 15.7. The molecule has 0 fully saturated rings. The fourth-order valence-corrected chi connectivity index (χ4v) is 1.96. The maximum Gasteiger partial charge on any atom is 0.0589 e. The van der Waals surface area contributed by atoms with Crippen molar-refractivity contribution in [3.05, 3.63) is 41.7 Å². The first-order valence-corrected chi connectivity index (χ1v) is 6.74. The average molecular weight is 245 g/mol. The Hall–Kier alpha value is -1.48. The molecule has 1 heterocycles. The van der Waals surface area contributed by atoms with Crippen molar-refractivity contribution in [3.63, 3.8) is 0 Å². The molecular weight excluding hydrogens is 222 g/mol. The number of rotatable bonds is 4. The van der Waals surface area contributed by atoms with Gasteiger partial charge in [-0.2, -0.15) is 0 Å². The van der Waals surface area contributed by atoms with E-state index in [2.05, 4.69) is 69.1 Å². The predicted molar refractivity (Wildman–Crippen MR) is 76.8 cm³/mol. The first kappa shape index (κ1) is 13.0. The van der Waals surface area contributed by atoms with Crippen molar-refractivity contribution in [2.24, 2.45) is 5.92 Å². The molecule has 1 aliphatic heterocycles. The highest BCUT2D eigenvalue weighted by molar-refractivity contribution is 5.51. The summed E-state index contributed by atoms with van der Waals surface area (Å²) in [5.74, 6) is 1.13. The van der Waals surface area contributed by atoms with Crippen LogP contribution in [0.4, 0.5) is 5.69 Å². The van der Waals surface area contributed by atoms with E-state index in [-0.39, 0.29) is 0 Å². The van der Waals surface area contributed by atoms with Gasteiger partial charge in [-0.05, 0) is 36.0 Å². The maximum atomic E-state index is 3.19. The molecular formula is C15H23N3. The third-order valence-corrected chi connectivity index (χ3v) is 3.56. The third kappa shape index (κ3) is 2.67. The van der Waals surface area contributed by atoms with Crippen molar-refractivity contribution >= 4 is 5.69 Å². The van der Waals surface area contributed by atoms with E-state index >= 15 is 0 Å². The molecule has 0 saturated carbocycles. The summed E-state index contributed by atoms with van der Waals surface area (Å²) in [6, 6.07) is 8.75. The summed E-state index contributed by atoms with van der Waals surface area (Å²) in [4.78, 5) is 0. The molecule has 3 nitrogen and oxygen atoms in total. The molecule has 0 aromatic heterocycles. The van der Waals surface area contributed by atoms with Crippen LogP contribution in [-0.2, 0) is 0 Å². The molecule has 0 radical (unpaired) electrons. The lowest BCUT2D eigenvalue weighted by Gasteiger charge is -2.16. The number of hydrogen-bond acceptors (Lipinski definition) is 3. The van der Waals surface area contributed by atoms with Crippen molar-refractivity contribution in [2.45, 2.75) is 40.0 Å². The second-order valence-electron chi connectivity index (χ2n) is 5.25. The standard InChI is InChI=1S/C15H23N3/c1-5-12(4)13-6-8-14(9-7-13)18-10-15(11(2)3)16-17-18/h6-12,16-17H,5H2,1-4H3.